The van der Waals surface area contributed by atoms with Gasteiger partial charge in [-0.05, 0) is 50.0 Å². The van der Waals surface area contributed by atoms with Crippen LogP contribution >= 0.6 is 11.5 Å². The molecule has 0 bridgehead atoms. The van der Waals surface area contributed by atoms with Crippen LogP contribution in [0.2, 0.25) is 0 Å². The van der Waals surface area contributed by atoms with E-state index in [0.717, 1.165) is 42.2 Å². The Labute approximate surface area is 136 Å². The second-order valence-corrected chi connectivity index (χ2v) is 6.72. The molecule has 0 amide bonds. The molecule has 1 aliphatic rings. The van der Waals surface area contributed by atoms with E-state index in [0.29, 0.717) is 0 Å². The zero-order chi connectivity index (χ0) is 15.4. The summed E-state index contributed by atoms with van der Waals surface area (Å²) in [7, 11) is 0. The second kappa shape index (κ2) is 7.16. The first-order valence-corrected chi connectivity index (χ1v) is 8.84. The first kappa shape index (κ1) is 15.4. The van der Waals surface area contributed by atoms with Crippen LogP contribution in [-0.2, 0) is 0 Å². The van der Waals surface area contributed by atoms with Crippen molar-refractivity contribution in [3.8, 4) is 11.3 Å². The number of benzene rings is 1. The monoisotopic (exact) mass is 314 g/mol. The van der Waals surface area contributed by atoms with Crippen molar-refractivity contribution < 1.29 is 4.79 Å². The number of likely N-dealkylation sites (tertiary alicyclic amines) is 1. The molecule has 1 aromatic heterocycles. The minimum Gasteiger partial charge on any atom is -0.303 e. The molecule has 1 aromatic carbocycles. The van der Waals surface area contributed by atoms with Crippen molar-refractivity contribution in [1.82, 2.24) is 9.27 Å². The summed E-state index contributed by atoms with van der Waals surface area (Å²) in [6.07, 6.45) is 3.43. The molecule has 0 radical (unpaired) electrons. The van der Waals surface area contributed by atoms with Crippen LogP contribution in [0.5, 0.6) is 0 Å². The van der Waals surface area contributed by atoms with Gasteiger partial charge < -0.3 is 4.90 Å². The highest BCUT2D eigenvalue weighted by molar-refractivity contribution is 7.08. The predicted molar refractivity (Wildman–Crippen MR) is 91.3 cm³/mol. The number of carbonyl (C=O) groups excluding carboxylic acids is 1. The van der Waals surface area contributed by atoms with Gasteiger partial charge in [-0.3, -0.25) is 4.79 Å². The Morgan fingerprint density at radius 1 is 1.27 bits per heavy atom. The van der Waals surface area contributed by atoms with Crippen molar-refractivity contribution in [1.29, 1.82) is 0 Å². The number of hydrogen-bond acceptors (Lipinski definition) is 4. The van der Waals surface area contributed by atoms with Crippen LogP contribution in [0.1, 0.15) is 35.9 Å². The van der Waals surface area contributed by atoms with Crippen LogP contribution in [0, 0.1) is 5.92 Å². The minimum absolute atomic E-state index is 0.0992. The summed E-state index contributed by atoms with van der Waals surface area (Å²) in [6.45, 7) is 5.29. The van der Waals surface area contributed by atoms with E-state index < -0.39 is 0 Å². The third-order valence-electron chi connectivity index (χ3n) is 4.36. The largest absolute Gasteiger partial charge is 0.303 e. The number of hydrogen-bond donors (Lipinski definition) is 0. The maximum Gasteiger partial charge on any atom is 0.178 e. The fourth-order valence-corrected chi connectivity index (χ4v) is 3.79. The van der Waals surface area contributed by atoms with Gasteiger partial charge in [-0.25, -0.2) is 0 Å². The van der Waals surface area contributed by atoms with Crippen molar-refractivity contribution >= 4 is 17.3 Å². The topological polar surface area (TPSA) is 33.2 Å². The molecule has 0 aliphatic carbocycles. The summed E-state index contributed by atoms with van der Waals surface area (Å²) in [6, 6.07) is 12.0. The lowest BCUT2D eigenvalue weighted by atomic mass is 9.98. The van der Waals surface area contributed by atoms with Gasteiger partial charge in [0.15, 0.2) is 5.78 Å². The number of carbonyl (C=O) groups is 1. The Kier molecular flexibility index (Phi) is 5.01. The highest BCUT2D eigenvalue weighted by Gasteiger charge is 2.24. The first-order valence-electron chi connectivity index (χ1n) is 8.06. The molecule has 4 heteroatoms. The van der Waals surface area contributed by atoms with E-state index in [9.17, 15) is 4.79 Å². The van der Waals surface area contributed by atoms with E-state index in [1.54, 1.807) is 0 Å². The smallest absolute Gasteiger partial charge is 0.178 e. The Balaban J connectivity index is 1.72. The molecular weight excluding hydrogens is 292 g/mol. The highest BCUT2D eigenvalue weighted by Crippen LogP contribution is 2.25. The molecule has 1 fully saturated rings. The van der Waals surface area contributed by atoms with Gasteiger partial charge in [0.05, 0.1) is 10.6 Å². The van der Waals surface area contributed by atoms with E-state index in [1.165, 1.54) is 24.4 Å². The molecule has 1 unspecified atom stereocenters. The van der Waals surface area contributed by atoms with E-state index in [-0.39, 0.29) is 11.7 Å². The maximum absolute atomic E-state index is 12.8. The lowest BCUT2D eigenvalue weighted by molar-refractivity contribution is 0.0890. The van der Waals surface area contributed by atoms with Crippen LogP contribution < -0.4 is 0 Å². The molecule has 1 saturated heterocycles. The quantitative estimate of drug-likeness (QED) is 0.752. The van der Waals surface area contributed by atoms with E-state index in [4.69, 9.17) is 0 Å². The minimum atomic E-state index is 0.0992. The van der Waals surface area contributed by atoms with Crippen molar-refractivity contribution in [2.24, 2.45) is 5.92 Å². The average Bonchev–Trinajstić information content (AvgIpc) is 3.24. The Morgan fingerprint density at radius 3 is 2.68 bits per heavy atom. The fraction of sp³-hybridized carbons (Fsp3) is 0.444. The van der Waals surface area contributed by atoms with Crippen molar-refractivity contribution in [3.63, 3.8) is 0 Å². The third kappa shape index (κ3) is 3.45. The molecule has 22 heavy (non-hydrogen) atoms. The lowest BCUT2D eigenvalue weighted by Crippen LogP contribution is -2.30. The summed E-state index contributed by atoms with van der Waals surface area (Å²) in [5.41, 5.74) is 1.98. The predicted octanol–water partition coefficient (Wildman–Crippen LogP) is 4.11. The molecule has 0 saturated carbocycles. The van der Waals surface area contributed by atoms with Crippen LogP contribution in [0.15, 0.2) is 36.4 Å². The van der Waals surface area contributed by atoms with Gasteiger partial charge >= 0.3 is 0 Å². The number of aromatic nitrogens is 1. The summed E-state index contributed by atoms with van der Waals surface area (Å²) in [5.74, 6) is 0.358. The molecule has 0 N–H and O–H groups in total. The fourth-order valence-electron chi connectivity index (χ4n) is 3.01. The first-order chi connectivity index (χ1) is 10.8. The lowest BCUT2D eigenvalue weighted by Gasteiger charge is -2.20. The van der Waals surface area contributed by atoms with Gasteiger partial charge in [0.2, 0.25) is 0 Å². The Hall–Kier alpha value is -1.52. The SMILES string of the molecule is CCC(CN1CCCC1)C(=O)c1cc(-c2ccccc2)ns1. The normalized spacial score (nSPS) is 16.8. The molecular formula is C18H22N2OS. The Bertz CT molecular complexity index is 617. The van der Waals surface area contributed by atoms with Gasteiger partial charge in [-0.2, -0.15) is 4.37 Å². The van der Waals surface area contributed by atoms with Gasteiger partial charge in [-0.1, -0.05) is 37.3 Å². The van der Waals surface area contributed by atoms with E-state index in [2.05, 4.69) is 16.2 Å². The van der Waals surface area contributed by atoms with Gasteiger partial charge in [0.1, 0.15) is 0 Å². The summed E-state index contributed by atoms with van der Waals surface area (Å²) >= 11 is 1.34. The van der Waals surface area contributed by atoms with Crippen LogP contribution in [0.25, 0.3) is 11.3 Å². The van der Waals surface area contributed by atoms with Crippen LogP contribution in [0.4, 0.5) is 0 Å². The maximum atomic E-state index is 12.8. The van der Waals surface area contributed by atoms with Crippen molar-refractivity contribution in [2.45, 2.75) is 26.2 Å². The number of nitrogens with zero attached hydrogens (tertiary/aromatic N) is 2. The van der Waals surface area contributed by atoms with Gasteiger partial charge in [-0.15, -0.1) is 0 Å². The standard InChI is InChI=1S/C18H22N2OS/c1-2-14(13-20-10-6-7-11-20)18(21)17-12-16(19-22-17)15-8-4-3-5-9-15/h3-5,8-9,12,14H,2,6-7,10-11,13H2,1H3. The molecule has 3 nitrogen and oxygen atoms in total. The van der Waals surface area contributed by atoms with Crippen LogP contribution in [0.3, 0.4) is 0 Å². The number of ketones is 1. The molecule has 0 spiro atoms. The summed E-state index contributed by atoms with van der Waals surface area (Å²) in [4.78, 5) is 16.0. The highest BCUT2D eigenvalue weighted by atomic mass is 32.1. The zero-order valence-electron chi connectivity index (χ0n) is 13.0. The molecule has 1 aliphatic heterocycles. The third-order valence-corrected chi connectivity index (χ3v) is 5.17. The van der Waals surface area contributed by atoms with Crippen LogP contribution in [-0.4, -0.2) is 34.7 Å². The average molecular weight is 314 g/mol. The molecule has 1 atom stereocenters. The molecule has 2 heterocycles. The zero-order valence-corrected chi connectivity index (χ0v) is 13.8. The molecule has 3 rings (SSSR count). The number of Topliss-reactive ketones (excluding diaryl/α,β-unsaturated/α-hetero) is 1. The number of rotatable bonds is 6. The Morgan fingerprint density at radius 2 is 2.00 bits per heavy atom. The second-order valence-electron chi connectivity index (χ2n) is 5.92. The summed E-state index contributed by atoms with van der Waals surface area (Å²) in [5, 5.41) is 0. The van der Waals surface area contributed by atoms with Crippen molar-refractivity contribution in [2.75, 3.05) is 19.6 Å². The molecule has 2 aromatic rings. The van der Waals surface area contributed by atoms with Gasteiger partial charge in [0, 0.05) is 18.0 Å². The summed E-state index contributed by atoms with van der Waals surface area (Å²) < 4.78 is 4.46. The van der Waals surface area contributed by atoms with Crippen molar-refractivity contribution in [3.05, 3.63) is 41.3 Å². The van der Waals surface area contributed by atoms with E-state index in [1.807, 2.05) is 36.4 Å². The van der Waals surface area contributed by atoms with E-state index >= 15 is 0 Å². The van der Waals surface area contributed by atoms with Gasteiger partial charge in [0.25, 0.3) is 0 Å². The molecule has 116 valence electrons.